The topological polar surface area (TPSA) is 109 Å². The Kier molecular flexibility index (Phi) is 5.64. The number of piperazine rings is 1. The Hall–Kier alpha value is -3.82. The molecule has 3 aromatic rings. The summed E-state index contributed by atoms with van der Waals surface area (Å²) < 4.78 is 1.34. The van der Waals surface area contributed by atoms with Gasteiger partial charge >= 0.3 is 0 Å². The number of hydrogen-bond donors (Lipinski definition) is 1. The SMILES string of the molecule is Cc1cc(=O)n(CC(=O)N2CCN(c3ccc(Nc4ccncc4)nn3)CC2)cn1. The Bertz CT molecular complexity index is 1060. The first-order valence-electron chi connectivity index (χ1n) is 9.65. The van der Waals surface area contributed by atoms with Crippen molar-refractivity contribution in [3.63, 3.8) is 0 Å². The van der Waals surface area contributed by atoms with Gasteiger partial charge in [-0.1, -0.05) is 0 Å². The van der Waals surface area contributed by atoms with Crippen molar-refractivity contribution in [3.8, 4) is 0 Å². The van der Waals surface area contributed by atoms with E-state index in [-0.39, 0.29) is 18.0 Å². The lowest BCUT2D eigenvalue weighted by Crippen LogP contribution is -2.50. The number of anilines is 3. The summed E-state index contributed by atoms with van der Waals surface area (Å²) >= 11 is 0. The highest BCUT2D eigenvalue weighted by Crippen LogP contribution is 2.17. The molecule has 154 valence electrons. The number of pyridine rings is 1. The molecular formula is C20H22N8O2. The monoisotopic (exact) mass is 406 g/mol. The molecule has 0 unspecified atom stereocenters. The molecule has 4 rings (SSSR count). The number of amides is 1. The number of aryl methyl sites for hydroxylation is 1. The maximum absolute atomic E-state index is 12.5. The lowest BCUT2D eigenvalue weighted by molar-refractivity contribution is -0.132. The van der Waals surface area contributed by atoms with Gasteiger partial charge in [-0.3, -0.25) is 19.1 Å². The van der Waals surface area contributed by atoms with Gasteiger partial charge in [-0.2, -0.15) is 0 Å². The molecule has 1 N–H and O–H groups in total. The fourth-order valence-electron chi connectivity index (χ4n) is 3.21. The van der Waals surface area contributed by atoms with Crippen LogP contribution in [0.1, 0.15) is 5.69 Å². The van der Waals surface area contributed by atoms with E-state index in [1.807, 2.05) is 24.3 Å². The molecule has 3 aromatic heterocycles. The average Bonchev–Trinajstić information content (AvgIpc) is 2.77. The Balaban J connectivity index is 1.31. The minimum atomic E-state index is -0.217. The lowest BCUT2D eigenvalue weighted by Gasteiger charge is -2.35. The van der Waals surface area contributed by atoms with Crippen LogP contribution in [0.5, 0.6) is 0 Å². The van der Waals surface area contributed by atoms with Gasteiger partial charge in [0, 0.05) is 56.0 Å². The zero-order chi connectivity index (χ0) is 20.9. The van der Waals surface area contributed by atoms with Crippen molar-refractivity contribution < 1.29 is 4.79 Å². The third-order valence-electron chi connectivity index (χ3n) is 4.88. The predicted molar refractivity (Wildman–Crippen MR) is 112 cm³/mol. The molecule has 10 nitrogen and oxygen atoms in total. The molecular weight excluding hydrogens is 384 g/mol. The second-order valence-electron chi connectivity index (χ2n) is 7.00. The van der Waals surface area contributed by atoms with Gasteiger partial charge in [-0.05, 0) is 31.2 Å². The molecule has 1 aliphatic rings. The van der Waals surface area contributed by atoms with Crippen molar-refractivity contribution in [2.75, 3.05) is 36.4 Å². The lowest BCUT2D eigenvalue weighted by atomic mass is 10.3. The highest BCUT2D eigenvalue weighted by atomic mass is 16.2. The zero-order valence-electron chi connectivity index (χ0n) is 16.6. The largest absolute Gasteiger partial charge is 0.352 e. The highest BCUT2D eigenvalue weighted by Gasteiger charge is 2.22. The predicted octanol–water partition coefficient (Wildman–Crippen LogP) is 0.829. The van der Waals surface area contributed by atoms with Crippen LogP contribution in [0, 0.1) is 6.92 Å². The molecule has 10 heteroatoms. The molecule has 0 saturated carbocycles. The standard InChI is InChI=1S/C20H22N8O2/c1-15-12-19(29)28(14-22-15)13-20(30)27-10-8-26(9-11-27)18-3-2-17(24-25-18)23-16-4-6-21-7-5-16/h2-7,12,14H,8-11,13H2,1H3,(H,21,23,24). The summed E-state index contributed by atoms with van der Waals surface area (Å²) in [6.45, 7) is 4.17. The fraction of sp³-hybridized carbons (Fsp3) is 0.300. The van der Waals surface area contributed by atoms with Crippen molar-refractivity contribution in [2.24, 2.45) is 0 Å². The number of aromatic nitrogens is 5. The second-order valence-corrected chi connectivity index (χ2v) is 7.00. The van der Waals surface area contributed by atoms with Gasteiger partial charge in [0.05, 0.1) is 6.33 Å². The Labute approximate surface area is 173 Å². The number of hydrogen-bond acceptors (Lipinski definition) is 8. The van der Waals surface area contributed by atoms with Gasteiger partial charge < -0.3 is 15.1 Å². The summed E-state index contributed by atoms with van der Waals surface area (Å²) in [5.41, 5.74) is 1.31. The number of nitrogens with one attached hydrogen (secondary N) is 1. The fourth-order valence-corrected chi connectivity index (χ4v) is 3.21. The summed E-state index contributed by atoms with van der Waals surface area (Å²) in [4.78, 5) is 36.4. The number of carbonyl (C=O) groups is 1. The summed E-state index contributed by atoms with van der Waals surface area (Å²) in [5.74, 6) is 1.32. The van der Waals surface area contributed by atoms with Crippen molar-refractivity contribution in [1.29, 1.82) is 0 Å². The van der Waals surface area contributed by atoms with Crippen LogP contribution in [0.25, 0.3) is 0 Å². The van der Waals surface area contributed by atoms with Crippen LogP contribution in [-0.4, -0.2) is 61.7 Å². The molecule has 0 atom stereocenters. The van der Waals surface area contributed by atoms with Gasteiger partial charge in [0.1, 0.15) is 6.54 Å². The van der Waals surface area contributed by atoms with Crippen LogP contribution in [0.4, 0.5) is 17.3 Å². The van der Waals surface area contributed by atoms with E-state index in [1.165, 1.54) is 17.0 Å². The van der Waals surface area contributed by atoms with Crippen LogP contribution in [0.2, 0.25) is 0 Å². The second kappa shape index (κ2) is 8.68. The normalized spacial score (nSPS) is 13.9. The van der Waals surface area contributed by atoms with Gasteiger partial charge in [-0.25, -0.2) is 4.98 Å². The number of nitrogens with zero attached hydrogens (tertiary/aromatic N) is 7. The smallest absolute Gasteiger partial charge is 0.253 e. The van der Waals surface area contributed by atoms with Crippen molar-refractivity contribution in [3.05, 3.63) is 65.1 Å². The minimum Gasteiger partial charge on any atom is -0.352 e. The molecule has 30 heavy (non-hydrogen) atoms. The Morgan fingerprint density at radius 2 is 1.83 bits per heavy atom. The van der Waals surface area contributed by atoms with Gasteiger partial charge in [0.2, 0.25) is 5.91 Å². The molecule has 4 heterocycles. The zero-order valence-corrected chi connectivity index (χ0v) is 16.6. The van der Waals surface area contributed by atoms with Gasteiger partial charge in [0.25, 0.3) is 5.56 Å². The highest BCUT2D eigenvalue weighted by molar-refractivity contribution is 5.76. The van der Waals surface area contributed by atoms with Crippen LogP contribution < -0.4 is 15.8 Å². The molecule has 0 aromatic carbocycles. The molecule has 1 aliphatic heterocycles. The summed E-state index contributed by atoms with van der Waals surface area (Å²) in [5, 5.41) is 11.7. The molecule has 0 bridgehead atoms. The third kappa shape index (κ3) is 4.59. The van der Waals surface area contributed by atoms with E-state index in [0.717, 1.165) is 11.5 Å². The van der Waals surface area contributed by atoms with Crippen LogP contribution in [0.3, 0.4) is 0 Å². The van der Waals surface area contributed by atoms with Gasteiger partial charge in [-0.15, -0.1) is 10.2 Å². The van der Waals surface area contributed by atoms with E-state index in [4.69, 9.17) is 0 Å². The first kappa shape index (κ1) is 19.5. The quantitative estimate of drug-likeness (QED) is 0.664. The van der Waals surface area contributed by atoms with E-state index in [2.05, 4.69) is 30.4 Å². The number of carbonyl (C=O) groups excluding carboxylic acids is 1. The van der Waals surface area contributed by atoms with E-state index in [1.54, 1.807) is 24.2 Å². The summed E-state index contributed by atoms with van der Waals surface area (Å²) in [6.07, 6.45) is 4.83. The summed E-state index contributed by atoms with van der Waals surface area (Å²) in [6, 6.07) is 8.92. The van der Waals surface area contributed by atoms with Crippen molar-refractivity contribution in [2.45, 2.75) is 13.5 Å². The average molecular weight is 406 g/mol. The maximum Gasteiger partial charge on any atom is 0.253 e. The molecule has 1 amide bonds. The van der Waals surface area contributed by atoms with E-state index < -0.39 is 0 Å². The first-order valence-corrected chi connectivity index (χ1v) is 9.65. The molecule has 0 aliphatic carbocycles. The molecule has 1 fully saturated rings. The number of rotatable bonds is 5. The summed E-state index contributed by atoms with van der Waals surface area (Å²) in [7, 11) is 0. The van der Waals surface area contributed by atoms with E-state index in [0.29, 0.717) is 37.7 Å². The molecule has 0 spiro atoms. The Morgan fingerprint density at radius 1 is 1.07 bits per heavy atom. The third-order valence-corrected chi connectivity index (χ3v) is 4.88. The van der Waals surface area contributed by atoms with Crippen LogP contribution in [0.15, 0.2) is 53.8 Å². The van der Waals surface area contributed by atoms with Crippen molar-refractivity contribution in [1.82, 2.24) is 29.6 Å². The van der Waals surface area contributed by atoms with E-state index in [9.17, 15) is 9.59 Å². The maximum atomic E-state index is 12.5. The van der Waals surface area contributed by atoms with Gasteiger partial charge in [0.15, 0.2) is 11.6 Å². The Morgan fingerprint density at radius 3 is 2.50 bits per heavy atom. The van der Waals surface area contributed by atoms with E-state index >= 15 is 0 Å². The van der Waals surface area contributed by atoms with Crippen LogP contribution in [-0.2, 0) is 11.3 Å². The molecule has 0 radical (unpaired) electrons. The first-order chi connectivity index (χ1) is 14.6. The minimum absolute atomic E-state index is 0.00128. The van der Waals surface area contributed by atoms with Crippen LogP contribution >= 0.6 is 0 Å². The van der Waals surface area contributed by atoms with Crippen molar-refractivity contribution >= 4 is 23.2 Å². The molecule has 1 saturated heterocycles.